The second-order valence-electron chi connectivity index (χ2n) is 5.79. The van der Waals surface area contributed by atoms with E-state index in [0.29, 0.717) is 48.7 Å². The van der Waals surface area contributed by atoms with Gasteiger partial charge in [0.2, 0.25) is 0 Å². The van der Waals surface area contributed by atoms with E-state index in [1.165, 1.54) is 7.11 Å². The fourth-order valence-corrected chi connectivity index (χ4v) is 2.89. The van der Waals surface area contributed by atoms with Crippen molar-refractivity contribution in [1.29, 1.82) is 0 Å². The number of rotatable bonds is 1. The second kappa shape index (κ2) is 7.83. The lowest BCUT2D eigenvalue weighted by molar-refractivity contribution is -0.136. The molecule has 1 heterocycles. The van der Waals surface area contributed by atoms with Crippen LogP contribution in [0.5, 0.6) is 5.75 Å². The molecule has 0 N–H and O–H groups in total. The van der Waals surface area contributed by atoms with Crippen LogP contribution in [0.4, 0.5) is 0 Å². The number of benzene rings is 1. The highest BCUT2D eigenvalue weighted by Gasteiger charge is 2.27. The summed E-state index contributed by atoms with van der Waals surface area (Å²) in [6.07, 6.45) is 6.64. The summed E-state index contributed by atoms with van der Waals surface area (Å²) in [6.45, 7) is 0.765. The number of Topliss-reactive ketones (excluding diaryl/α,β-unsaturated/α-hetero) is 1. The molecule has 5 nitrogen and oxygen atoms in total. The predicted octanol–water partition coefficient (Wildman–Crippen LogP) is 3.22. The lowest BCUT2D eigenvalue weighted by Crippen LogP contribution is -2.09. The largest absolute Gasteiger partial charge is 0.493 e. The van der Waals surface area contributed by atoms with Gasteiger partial charge in [-0.15, -0.1) is 0 Å². The van der Waals surface area contributed by atoms with Crippen LogP contribution in [0.1, 0.15) is 24.8 Å². The fourth-order valence-electron chi connectivity index (χ4n) is 2.89. The van der Waals surface area contributed by atoms with Crippen molar-refractivity contribution in [2.75, 3.05) is 20.3 Å². The van der Waals surface area contributed by atoms with Crippen molar-refractivity contribution in [3.8, 4) is 5.75 Å². The van der Waals surface area contributed by atoms with E-state index in [1.807, 2.05) is 36.4 Å². The van der Waals surface area contributed by atoms with Gasteiger partial charge in [-0.1, -0.05) is 18.2 Å². The maximum absolute atomic E-state index is 12.2. The summed E-state index contributed by atoms with van der Waals surface area (Å²) in [6, 6.07) is 7.45. The van der Waals surface area contributed by atoms with Crippen LogP contribution < -0.4 is 4.74 Å². The third-order valence-corrected chi connectivity index (χ3v) is 4.17. The highest BCUT2D eigenvalue weighted by atomic mass is 16.5. The number of esters is 1. The summed E-state index contributed by atoms with van der Waals surface area (Å²) in [4.78, 5) is 24.5. The van der Waals surface area contributed by atoms with Crippen LogP contribution in [-0.4, -0.2) is 32.1 Å². The molecule has 0 saturated heterocycles. The highest BCUT2D eigenvalue weighted by Crippen LogP contribution is 2.31. The van der Waals surface area contributed by atoms with Crippen LogP contribution in [0.15, 0.2) is 53.3 Å². The van der Waals surface area contributed by atoms with Crippen LogP contribution in [0.25, 0.3) is 6.08 Å². The summed E-state index contributed by atoms with van der Waals surface area (Å²) in [7, 11) is 1.33. The zero-order chi connectivity index (χ0) is 17.6. The van der Waals surface area contributed by atoms with Gasteiger partial charge in [0.15, 0.2) is 5.78 Å². The lowest BCUT2D eigenvalue weighted by atomic mass is 10.0. The van der Waals surface area contributed by atoms with Crippen molar-refractivity contribution in [1.82, 2.24) is 0 Å². The van der Waals surface area contributed by atoms with Crippen LogP contribution >= 0.6 is 0 Å². The topological polar surface area (TPSA) is 61.8 Å². The first kappa shape index (κ1) is 17.0. The Bertz CT molecular complexity index is 770. The monoisotopic (exact) mass is 340 g/mol. The standard InChI is InChI=1S/C20H20O5/c1-23-20(22)15-12-14-6-2-3-7-18(14)24-10-4-5-11-25-19-9-8-17(21)16(19)13-15/h2-7,12H,8-11,13H2,1H3/b5-4-,15-12+. The minimum Gasteiger partial charge on any atom is -0.493 e. The first-order chi connectivity index (χ1) is 12.2. The molecule has 130 valence electrons. The van der Waals surface area contributed by atoms with Crippen molar-refractivity contribution in [2.24, 2.45) is 0 Å². The number of carbonyl (C=O) groups excluding carboxylic acids is 2. The number of hydrogen-bond acceptors (Lipinski definition) is 5. The lowest BCUT2D eigenvalue weighted by Gasteiger charge is -2.11. The smallest absolute Gasteiger partial charge is 0.334 e. The van der Waals surface area contributed by atoms with Crippen LogP contribution in [0.3, 0.4) is 0 Å². The number of ether oxygens (including phenoxy) is 3. The van der Waals surface area contributed by atoms with Gasteiger partial charge in [-0.2, -0.15) is 0 Å². The summed E-state index contributed by atoms with van der Waals surface area (Å²) in [5.74, 6) is 0.890. The summed E-state index contributed by atoms with van der Waals surface area (Å²) in [5.41, 5.74) is 1.73. The molecule has 0 spiro atoms. The fraction of sp³-hybridized carbons (Fsp3) is 0.300. The number of allylic oxidation sites excluding steroid dienone is 2. The number of para-hydroxylation sites is 1. The van der Waals surface area contributed by atoms with Gasteiger partial charge < -0.3 is 14.2 Å². The molecule has 0 atom stereocenters. The van der Waals surface area contributed by atoms with Crippen molar-refractivity contribution in [3.05, 3.63) is 58.9 Å². The molecule has 3 rings (SSSR count). The SMILES string of the molecule is COC(=O)/C1=C/c2ccccc2OC/C=C\COC2=C(C1)C(=O)CC2. The molecule has 0 unspecified atom stereocenters. The normalized spacial score (nSPS) is 21.2. The predicted molar refractivity (Wildman–Crippen MR) is 92.9 cm³/mol. The van der Waals surface area contributed by atoms with E-state index in [0.717, 1.165) is 5.56 Å². The van der Waals surface area contributed by atoms with Gasteiger partial charge in [0, 0.05) is 36.0 Å². The van der Waals surface area contributed by atoms with Gasteiger partial charge in [-0.05, 0) is 24.3 Å². The first-order valence-electron chi connectivity index (χ1n) is 8.22. The molecule has 1 aliphatic carbocycles. The number of hydrogen-bond donors (Lipinski definition) is 0. The van der Waals surface area contributed by atoms with E-state index < -0.39 is 5.97 Å². The van der Waals surface area contributed by atoms with Gasteiger partial charge in [-0.25, -0.2) is 4.79 Å². The molecule has 0 amide bonds. The second-order valence-corrected chi connectivity index (χ2v) is 5.79. The Morgan fingerprint density at radius 1 is 1.08 bits per heavy atom. The number of carbonyl (C=O) groups is 2. The molecule has 1 aromatic rings. The molecule has 2 aliphatic rings. The molecule has 1 aliphatic heterocycles. The Balaban J connectivity index is 2.06. The Labute approximate surface area is 146 Å². The molecule has 1 aromatic carbocycles. The molecular weight excluding hydrogens is 320 g/mol. The maximum Gasteiger partial charge on any atom is 0.334 e. The summed E-state index contributed by atoms with van der Waals surface area (Å²) < 4.78 is 16.4. The van der Waals surface area contributed by atoms with Crippen LogP contribution in [-0.2, 0) is 19.1 Å². The Kier molecular flexibility index (Phi) is 5.33. The molecule has 0 aromatic heterocycles. The zero-order valence-electron chi connectivity index (χ0n) is 14.1. The number of methoxy groups -OCH3 is 1. The average molecular weight is 340 g/mol. The molecule has 5 heteroatoms. The van der Waals surface area contributed by atoms with Gasteiger partial charge in [-0.3, -0.25) is 4.79 Å². The molecule has 0 saturated carbocycles. The van der Waals surface area contributed by atoms with Crippen molar-refractivity contribution < 1.29 is 23.8 Å². The maximum atomic E-state index is 12.2. The van der Waals surface area contributed by atoms with Crippen molar-refractivity contribution >= 4 is 17.8 Å². The first-order valence-corrected chi connectivity index (χ1v) is 8.22. The van der Waals surface area contributed by atoms with Crippen LogP contribution in [0.2, 0.25) is 0 Å². The third-order valence-electron chi connectivity index (χ3n) is 4.17. The van der Waals surface area contributed by atoms with Crippen molar-refractivity contribution in [3.63, 3.8) is 0 Å². The van der Waals surface area contributed by atoms with Gasteiger partial charge in [0.1, 0.15) is 24.7 Å². The molecule has 25 heavy (non-hydrogen) atoms. The molecule has 0 radical (unpaired) electrons. The van der Waals surface area contributed by atoms with E-state index >= 15 is 0 Å². The quantitative estimate of drug-likeness (QED) is 0.580. The Hall–Kier alpha value is -2.82. The highest BCUT2D eigenvalue weighted by molar-refractivity contribution is 6.02. The van der Waals surface area contributed by atoms with E-state index in [2.05, 4.69) is 0 Å². The van der Waals surface area contributed by atoms with Gasteiger partial charge in [0.25, 0.3) is 0 Å². The zero-order valence-corrected chi connectivity index (χ0v) is 14.1. The summed E-state index contributed by atoms with van der Waals surface area (Å²) >= 11 is 0. The molecule has 0 bridgehead atoms. The van der Waals surface area contributed by atoms with E-state index in [1.54, 1.807) is 6.08 Å². The Morgan fingerprint density at radius 3 is 2.64 bits per heavy atom. The Morgan fingerprint density at radius 2 is 1.84 bits per heavy atom. The minimum absolute atomic E-state index is 0.0215. The van der Waals surface area contributed by atoms with Crippen molar-refractivity contribution in [2.45, 2.75) is 19.3 Å². The van der Waals surface area contributed by atoms with Crippen LogP contribution in [0, 0.1) is 0 Å². The van der Waals surface area contributed by atoms with E-state index in [9.17, 15) is 9.59 Å². The van der Waals surface area contributed by atoms with Gasteiger partial charge in [0.05, 0.1) is 7.11 Å². The minimum atomic E-state index is -0.464. The van der Waals surface area contributed by atoms with E-state index in [4.69, 9.17) is 14.2 Å². The molecular formula is C20H20O5. The summed E-state index contributed by atoms with van der Waals surface area (Å²) in [5, 5.41) is 0. The van der Waals surface area contributed by atoms with Gasteiger partial charge >= 0.3 is 5.97 Å². The van der Waals surface area contributed by atoms with E-state index in [-0.39, 0.29) is 12.2 Å². The average Bonchev–Trinajstić information content (AvgIpc) is 2.97. The number of ketones is 1. The number of fused-ring (bicyclic) bond motifs is 1. The third kappa shape index (κ3) is 3.99. The molecule has 0 fully saturated rings.